The second-order valence-electron chi connectivity index (χ2n) is 7.88. The number of anilines is 1. The summed E-state index contributed by atoms with van der Waals surface area (Å²) in [4.78, 5) is 26.8. The van der Waals surface area contributed by atoms with Gasteiger partial charge in [0.15, 0.2) is 0 Å². The number of amides is 2. The zero-order valence-electron chi connectivity index (χ0n) is 18.3. The van der Waals surface area contributed by atoms with Crippen LogP contribution < -0.4 is 19.7 Å². The predicted octanol–water partition coefficient (Wildman–Crippen LogP) is 4.08. The number of hydrogen-bond donors (Lipinski definition) is 1. The van der Waals surface area contributed by atoms with E-state index in [1.165, 1.54) is 12.1 Å². The highest BCUT2D eigenvalue weighted by molar-refractivity contribution is 6.00. The Balaban J connectivity index is 1.29. The summed E-state index contributed by atoms with van der Waals surface area (Å²) in [6, 6.07) is 20.8. The van der Waals surface area contributed by atoms with Crippen molar-refractivity contribution < 1.29 is 23.5 Å². The van der Waals surface area contributed by atoms with E-state index < -0.39 is 5.92 Å². The van der Waals surface area contributed by atoms with Crippen molar-refractivity contribution in [1.82, 2.24) is 5.32 Å². The first-order chi connectivity index (χ1) is 16.0. The van der Waals surface area contributed by atoms with E-state index in [1.54, 1.807) is 48.4 Å². The molecule has 7 heteroatoms. The van der Waals surface area contributed by atoms with Gasteiger partial charge in [-0.25, -0.2) is 4.39 Å². The van der Waals surface area contributed by atoms with Gasteiger partial charge in [-0.2, -0.15) is 0 Å². The number of ether oxygens (including phenoxy) is 2. The standard InChI is InChI=1S/C26H25FN2O4/c1-32-23-10-4-18(5-11-23)15-28-26(31)20-14-25(30)29(16-20)22-8-12-24(13-9-22)33-17-19-2-6-21(27)7-3-19/h2-13,20H,14-17H2,1H3,(H,28,31)/t20-/m1/s1. The van der Waals surface area contributed by atoms with Crippen molar-refractivity contribution in [2.24, 2.45) is 5.92 Å². The zero-order chi connectivity index (χ0) is 23.2. The van der Waals surface area contributed by atoms with Crippen LogP contribution in [0.1, 0.15) is 17.5 Å². The Kier molecular flexibility index (Phi) is 6.88. The molecule has 1 heterocycles. The van der Waals surface area contributed by atoms with Crippen molar-refractivity contribution in [3.8, 4) is 11.5 Å². The average molecular weight is 448 g/mol. The molecule has 1 aliphatic heterocycles. The fraction of sp³-hybridized carbons (Fsp3) is 0.231. The predicted molar refractivity (Wildman–Crippen MR) is 122 cm³/mol. The van der Waals surface area contributed by atoms with E-state index in [0.29, 0.717) is 25.4 Å². The first-order valence-corrected chi connectivity index (χ1v) is 10.7. The van der Waals surface area contributed by atoms with Crippen LogP contribution >= 0.6 is 0 Å². The monoisotopic (exact) mass is 448 g/mol. The van der Waals surface area contributed by atoms with Crippen LogP contribution in [0.25, 0.3) is 0 Å². The molecule has 0 spiro atoms. The minimum absolute atomic E-state index is 0.0837. The summed E-state index contributed by atoms with van der Waals surface area (Å²) in [5, 5.41) is 2.91. The van der Waals surface area contributed by atoms with Crippen molar-refractivity contribution in [2.75, 3.05) is 18.6 Å². The van der Waals surface area contributed by atoms with Gasteiger partial charge in [0.25, 0.3) is 0 Å². The van der Waals surface area contributed by atoms with E-state index in [4.69, 9.17) is 9.47 Å². The number of hydrogen-bond acceptors (Lipinski definition) is 4. The molecule has 0 saturated carbocycles. The number of methoxy groups -OCH3 is 1. The van der Waals surface area contributed by atoms with Gasteiger partial charge in [-0.3, -0.25) is 9.59 Å². The Hall–Kier alpha value is -3.87. The Morgan fingerprint density at radius 1 is 0.970 bits per heavy atom. The average Bonchev–Trinajstić information content (AvgIpc) is 3.24. The third kappa shape index (κ3) is 5.68. The number of nitrogens with zero attached hydrogens (tertiary/aromatic N) is 1. The van der Waals surface area contributed by atoms with E-state index >= 15 is 0 Å². The molecule has 1 N–H and O–H groups in total. The van der Waals surface area contributed by atoms with E-state index in [2.05, 4.69) is 5.32 Å². The molecule has 6 nitrogen and oxygen atoms in total. The number of carbonyl (C=O) groups excluding carboxylic acids is 2. The lowest BCUT2D eigenvalue weighted by Crippen LogP contribution is -2.32. The number of rotatable bonds is 8. The summed E-state index contributed by atoms with van der Waals surface area (Å²) in [5.74, 6) is 0.495. The number of benzene rings is 3. The molecule has 1 aliphatic rings. The van der Waals surface area contributed by atoms with Crippen molar-refractivity contribution in [1.29, 1.82) is 0 Å². The molecule has 1 atom stereocenters. The molecule has 2 amide bonds. The highest BCUT2D eigenvalue weighted by Crippen LogP contribution is 2.27. The maximum atomic E-state index is 13.0. The summed E-state index contributed by atoms with van der Waals surface area (Å²) in [6.07, 6.45) is 0.178. The zero-order valence-corrected chi connectivity index (χ0v) is 18.3. The second-order valence-corrected chi connectivity index (χ2v) is 7.88. The first-order valence-electron chi connectivity index (χ1n) is 10.7. The maximum absolute atomic E-state index is 13.0. The van der Waals surface area contributed by atoms with E-state index in [0.717, 1.165) is 22.6 Å². The fourth-order valence-electron chi connectivity index (χ4n) is 3.68. The molecule has 1 fully saturated rings. The van der Waals surface area contributed by atoms with Crippen LogP contribution in [0.4, 0.5) is 10.1 Å². The number of halogens is 1. The Morgan fingerprint density at radius 2 is 1.61 bits per heavy atom. The van der Waals surface area contributed by atoms with Crippen LogP contribution in [-0.4, -0.2) is 25.5 Å². The smallest absolute Gasteiger partial charge is 0.227 e. The third-order valence-electron chi connectivity index (χ3n) is 5.59. The van der Waals surface area contributed by atoms with Gasteiger partial charge in [-0.15, -0.1) is 0 Å². The molecule has 0 unspecified atom stereocenters. The summed E-state index contributed by atoms with van der Waals surface area (Å²) in [7, 11) is 1.61. The molecule has 3 aromatic carbocycles. The van der Waals surface area contributed by atoms with Gasteiger partial charge in [0.2, 0.25) is 11.8 Å². The van der Waals surface area contributed by atoms with Gasteiger partial charge in [0.1, 0.15) is 23.9 Å². The minimum Gasteiger partial charge on any atom is -0.497 e. The van der Waals surface area contributed by atoms with Crippen LogP contribution in [0.3, 0.4) is 0 Å². The first kappa shape index (κ1) is 22.3. The molecule has 4 rings (SSSR count). The number of carbonyl (C=O) groups is 2. The van der Waals surface area contributed by atoms with Crippen LogP contribution in [-0.2, 0) is 22.7 Å². The van der Waals surface area contributed by atoms with E-state index in [9.17, 15) is 14.0 Å². The lowest BCUT2D eigenvalue weighted by molar-refractivity contribution is -0.126. The summed E-state index contributed by atoms with van der Waals surface area (Å²) in [5.41, 5.74) is 2.54. The molecule has 0 bridgehead atoms. The van der Waals surface area contributed by atoms with Gasteiger partial charge in [0, 0.05) is 25.2 Å². The molecule has 0 radical (unpaired) electrons. The Labute approximate surface area is 191 Å². The maximum Gasteiger partial charge on any atom is 0.227 e. The lowest BCUT2D eigenvalue weighted by Gasteiger charge is -2.17. The van der Waals surface area contributed by atoms with Crippen LogP contribution in [0.5, 0.6) is 11.5 Å². The Bertz CT molecular complexity index is 1100. The summed E-state index contributed by atoms with van der Waals surface area (Å²) >= 11 is 0. The van der Waals surface area contributed by atoms with Crippen LogP contribution in [0.2, 0.25) is 0 Å². The van der Waals surface area contributed by atoms with Crippen molar-refractivity contribution in [2.45, 2.75) is 19.6 Å². The largest absolute Gasteiger partial charge is 0.497 e. The molecular weight excluding hydrogens is 423 g/mol. The van der Waals surface area contributed by atoms with Crippen molar-refractivity contribution in [3.63, 3.8) is 0 Å². The molecule has 33 heavy (non-hydrogen) atoms. The van der Waals surface area contributed by atoms with Gasteiger partial charge in [-0.05, 0) is 59.7 Å². The minimum atomic E-state index is -0.398. The molecule has 170 valence electrons. The summed E-state index contributed by atoms with van der Waals surface area (Å²) < 4.78 is 23.9. The highest BCUT2D eigenvalue weighted by Gasteiger charge is 2.35. The SMILES string of the molecule is COc1ccc(CNC(=O)[C@@H]2CC(=O)N(c3ccc(OCc4ccc(F)cc4)cc3)C2)cc1. The quantitative estimate of drug-likeness (QED) is 0.564. The van der Waals surface area contributed by atoms with Gasteiger partial charge >= 0.3 is 0 Å². The van der Waals surface area contributed by atoms with Gasteiger partial charge < -0.3 is 19.7 Å². The normalized spacial score (nSPS) is 15.4. The molecule has 0 aliphatic carbocycles. The van der Waals surface area contributed by atoms with Crippen LogP contribution in [0, 0.1) is 11.7 Å². The molecule has 0 aromatic heterocycles. The summed E-state index contributed by atoms with van der Waals surface area (Å²) in [6.45, 7) is 1.05. The third-order valence-corrected chi connectivity index (χ3v) is 5.59. The van der Waals surface area contributed by atoms with Crippen molar-refractivity contribution in [3.05, 3.63) is 89.7 Å². The van der Waals surface area contributed by atoms with E-state index in [1.807, 2.05) is 24.3 Å². The van der Waals surface area contributed by atoms with Gasteiger partial charge in [-0.1, -0.05) is 24.3 Å². The van der Waals surface area contributed by atoms with Gasteiger partial charge in [0.05, 0.1) is 13.0 Å². The van der Waals surface area contributed by atoms with Crippen LogP contribution in [0.15, 0.2) is 72.8 Å². The number of nitrogens with one attached hydrogen (secondary N) is 1. The van der Waals surface area contributed by atoms with Crippen molar-refractivity contribution >= 4 is 17.5 Å². The highest BCUT2D eigenvalue weighted by atomic mass is 19.1. The fourth-order valence-corrected chi connectivity index (χ4v) is 3.68. The second kappa shape index (κ2) is 10.2. The molecule has 1 saturated heterocycles. The lowest BCUT2D eigenvalue weighted by atomic mass is 10.1. The van der Waals surface area contributed by atoms with E-state index in [-0.39, 0.29) is 24.1 Å². The molecular formula is C26H25FN2O4. The topological polar surface area (TPSA) is 67.9 Å². The molecule has 3 aromatic rings. The Morgan fingerprint density at radius 3 is 2.27 bits per heavy atom.